The number of likely N-dealkylation sites (tertiary alicyclic amines) is 1. The summed E-state index contributed by atoms with van der Waals surface area (Å²) in [6, 6.07) is 13.9. The van der Waals surface area contributed by atoms with Crippen LogP contribution in [0, 0.1) is 12.8 Å². The number of hydrogen-bond donors (Lipinski definition) is 3. The molecule has 0 bridgehead atoms. The summed E-state index contributed by atoms with van der Waals surface area (Å²) < 4.78 is 0. The molecular weight excluding hydrogens is 512 g/mol. The number of hydrogen-bond acceptors (Lipinski definition) is 6. The van der Waals surface area contributed by atoms with Gasteiger partial charge in [0.15, 0.2) is 0 Å². The molecule has 8 nitrogen and oxygen atoms in total. The molecule has 3 aromatic rings. The maximum atomic E-state index is 12.1. The molecule has 5 N–H and O–H groups in total. The van der Waals surface area contributed by atoms with E-state index in [4.69, 9.17) is 0 Å². The second kappa shape index (κ2) is 15.4. The number of Topliss-reactive ketones (excluding diaryl/α,β-unsaturated/α-hetero) is 1. The van der Waals surface area contributed by atoms with Crippen molar-refractivity contribution in [3.63, 3.8) is 0 Å². The minimum atomic E-state index is -0.169. The fourth-order valence-corrected chi connectivity index (χ4v) is 4.88. The average Bonchev–Trinajstić information content (AvgIpc) is 3.57. The van der Waals surface area contributed by atoms with Gasteiger partial charge in [-0.05, 0) is 75.0 Å². The van der Waals surface area contributed by atoms with Gasteiger partial charge in [-0.15, -0.1) is 0 Å². The third-order valence-corrected chi connectivity index (χ3v) is 7.00. The topological polar surface area (TPSA) is 126 Å². The van der Waals surface area contributed by atoms with E-state index in [-0.39, 0.29) is 37.9 Å². The Morgan fingerprint density at radius 1 is 1.10 bits per heavy atom. The van der Waals surface area contributed by atoms with Crippen LogP contribution < -0.4 is 11.5 Å². The van der Waals surface area contributed by atoms with Gasteiger partial charge in [-0.2, -0.15) is 5.10 Å². The van der Waals surface area contributed by atoms with Crippen LogP contribution in [0.5, 0.6) is 0 Å². The lowest BCUT2D eigenvalue weighted by atomic mass is 9.84. The first kappa shape index (κ1) is 33.6. The number of nitrogens with one attached hydrogen (secondary N) is 2. The van der Waals surface area contributed by atoms with Crippen LogP contribution >= 0.6 is 0 Å². The molecule has 1 saturated heterocycles. The van der Waals surface area contributed by atoms with Crippen LogP contribution in [0.2, 0.25) is 0 Å². The van der Waals surface area contributed by atoms with Crippen molar-refractivity contribution in [1.82, 2.24) is 26.2 Å². The maximum absolute atomic E-state index is 12.1. The van der Waals surface area contributed by atoms with Crippen molar-refractivity contribution < 1.29 is 12.4 Å². The zero-order valence-corrected chi connectivity index (χ0v) is 25.8. The van der Waals surface area contributed by atoms with Crippen LogP contribution in [-0.4, -0.2) is 51.4 Å². The first-order valence-corrected chi connectivity index (χ1v) is 14.2. The molecule has 41 heavy (non-hydrogen) atoms. The molecule has 0 saturated carbocycles. The van der Waals surface area contributed by atoms with Gasteiger partial charge >= 0.3 is 0 Å². The van der Waals surface area contributed by atoms with E-state index in [1.54, 1.807) is 25.3 Å². The van der Waals surface area contributed by atoms with Gasteiger partial charge in [0.1, 0.15) is 11.6 Å². The summed E-state index contributed by atoms with van der Waals surface area (Å²) in [6.07, 6.45) is 7.71. The number of aromatic nitrogens is 3. The number of ketones is 1. The molecule has 1 aliphatic rings. The number of carbonyl (C=O) groups is 2. The quantitative estimate of drug-likeness (QED) is 0.246. The first-order chi connectivity index (χ1) is 18.9. The van der Waals surface area contributed by atoms with Crippen molar-refractivity contribution in [2.45, 2.75) is 72.6 Å². The Balaban J connectivity index is 0.00000116. The van der Waals surface area contributed by atoms with Crippen molar-refractivity contribution in [1.29, 1.82) is 0 Å². The number of aromatic amines is 1. The van der Waals surface area contributed by atoms with Gasteiger partial charge in [-0.3, -0.25) is 19.6 Å². The summed E-state index contributed by atoms with van der Waals surface area (Å²) in [7, 11) is 0. The summed E-state index contributed by atoms with van der Waals surface area (Å²) >= 11 is 0. The zero-order valence-electron chi connectivity index (χ0n) is 25.8. The molecule has 226 valence electrons. The molecule has 4 rings (SSSR count). The average molecular weight is 565 g/mol. The van der Waals surface area contributed by atoms with Gasteiger partial charge in [-0.1, -0.05) is 65.0 Å². The molecule has 1 unspecified atom stereocenters. The third-order valence-electron chi connectivity index (χ3n) is 7.00. The van der Waals surface area contributed by atoms with Crippen LogP contribution in [0.3, 0.4) is 0 Å². The third kappa shape index (κ3) is 10.4. The molecule has 1 aliphatic heterocycles. The number of anilines is 1. The van der Waals surface area contributed by atoms with Gasteiger partial charge in [0, 0.05) is 44.3 Å². The lowest BCUT2D eigenvalue weighted by Crippen LogP contribution is -2.19. The maximum Gasteiger partial charge on any atom is 0.249 e. The molecule has 0 radical (unpaired) electrons. The Hall–Kier alpha value is -3.62. The van der Waals surface area contributed by atoms with Gasteiger partial charge in [0.05, 0.1) is 5.69 Å². The van der Waals surface area contributed by atoms with Crippen LogP contribution in [0.25, 0.3) is 11.1 Å². The highest BCUT2D eigenvalue weighted by atomic mass is 16.1. The highest BCUT2D eigenvalue weighted by Gasteiger charge is 2.21. The minimum Gasteiger partial charge on any atom is -0.344 e. The molecule has 1 fully saturated rings. The SMILES string of the molecule is CC(=O)C(c1cccc(-c2ccc(NC(=O)/C=C/CN3CCCC3)nc2)c1)C(C)C.Cc1cc(C(C)(C)C)n[nH]1.N.[HH].[HH]. The number of benzene rings is 1. The molecule has 0 aliphatic carbocycles. The minimum absolute atomic E-state index is 0. The van der Waals surface area contributed by atoms with Gasteiger partial charge < -0.3 is 11.5 Å². The van der Waals surface area contributed by atoms with E-state index in [9.17, 15) is 9.59 Å². The number of nitrogens with zero attached hydrogens (tertiary/aromatic N) is 3. The fraction of sp³-hybridized carbons (Fsp3) is 0.455. The second-order valence-electron chi connectivity index (χ2n) is 12.0. The van der Waals surface area contributed by atoms with Crippen LogP contribution in [-0.2, 0) is 15.0 Å². The smallest absolute Gasteiger partial charge is 0.249 e. The number of H-pyrrole nitrogens is 1. The van der Waals surface area contributed by atoms with Gasteiger partial charge in [0.25, 0.3) is 0 Å². The predicted octanol–water partition coefficient (Wildman–Crippen LogP) is 7.34. The summed E-state index contributed by atoms with van der Waals surface area (Å²) in [5.41, 5.74) is 5.41. The first-order valence-electron chi connectivity index (χ1n) is 14.2. The molecule has 0 spiro atoms. The normalized spacial score (nSPS) is 14.3. The largest absolute Gasteiger partial charge is 0.344 e. The number of pyridine rings is 1. The standard InChI is InChI=1S/C25H31N3O2.C8H14N2.H3N.2H2/c1-18(2)25(19(3)29)21-9-6-8-20(16-21)22-11-12-23(26-17-22)27-24(30)10-7-15-28-13-4-5-14-28;1-6-5-7(10-9-6)8(2,3)4;;;/h6-12,16-18,25H,4-5,13-15H2,1-3H3,(H,26,27,30);5H,1-4H3,(H,9,10);1H3;2*1H/b10-7+;;;;. The van der Waals surface area contributed by atoms with E-state index in [0.717, 1.165) is 47.7 Å². The van der Waals surface area contributed by atoms with E-state index >= 15 is 0 Å². The number of amides is 1. The zero-order chi connectivity index (χ0) is 29.3. The van der Waals surface area contributed by atoms with E-state index in [1.807, 2.05) is 37.3 Å². The Bertz CT molecular complexity index is 1290. The Kier molecular flexibility index (Phi) is 12.6. The van der Waals surface area contributed by atoms with Crippen molar-refractivity contribution in [2.24, 2.45) is 5.92 Å². The van der Waals surface area contributed by atoms with Crippen LogP contribution in [0.15, 0.2) is 60.8 Å². The van der Waals surface area contributed by atoms with Crippen LogP contribution in [0.4, 0.5) is 5.82 Å². The fourth-order valence-electron chi connectivity index (χ4n) is 4.88. The van der Waals surface area contributed by atoms with Crippen LogP contribution in [0.1, 0.15) is 80.1 Å². The highest BCUT2D eigenvalue weighted by molar-refractivity contribution is 5.98. The molecule has 8 heteroatoms. The summed E-state index contributed by atoms with van der Waals surface area (Å²) in [5, 5.41) is 9.89. The van der Waals surface area contributed by atoms with Crippen molar-refractivity contribution in [2.75, 3.05) is 25.0 Å². The summed E-state index contributed by atoms with van der Waals surface area (Å²) in [6.45, 7) is 17.3. The number of aryl methyl sites for hydroxylation is 1. The second-order valence-corrected chi connectivity index (χ2v) is 12.0. The van der Waals surface area contributed by atoms with Crippen molar-refractivity contribution in [3.05, 3.63) is 77.8 Å². The Morgan fingerprint density at radius 2 is 1.80 bits per heavy atom. The predicted molar refractivity (Wildman–Crippen MR) is 173 cm³/mol. The molecular formula is C33H52N6O2. The number of carbonyl (C=O) groups excluding carboxylic acids is 2. The summed E-state index contributed by atoms with van der Waals surface area (Å²) in [4.78, 5) is 30.9. The lowest BCUT2D eigenvalue weighted by Gasteiger charge is -2.19. The van der Waals surface area contributed by atoms with E-state index in [1.165, 1.54) is 12.8 Å². The monoisotopic (exact) mass is 564 g/mol. The Morgan fingerprint density at radius 3 is 2.32 bits per heavy atom. The van der Waals surface area contributed by atoms with E-state index in [2.05, 4.69) is 72.1 Å². The molecule has 1 amide bonds. The van der Waals surface area contributed by atoms with Gasteiger partial charge in [0.2, 0.25) is 5.91 Å². The van der Waals surface area contributed by atoms with Gasteiger partial charge in [-0.25, -0.2) is 4.98 Å². The van der Waals surface area contributed by atoms with E-state index < -0.39 is 0 Å². The molecule has 2 aromatic heterocycles. The van der Waals surface area contributed by atoms with Crippen molar-refractivity contribution >= 4 is 17.5 Å². The lowest BCUT2D eigenvalue weighted by molar-refractivity contribution is -0.119. The molecule has 1 atom stereocenters. The highest BCUT2D eigenvalue weighted by Crippen LogP contribution is 2.29. The van der Waals surface area contributed by atoms with Crippen molar-refractivity contribution in [3.8, 4) is 11.1 Å². The molecule has 3 heterocycles. The summed E-state index contributed by atoms with van der Waals surface area (Å²) in [5.74, 6) is 0.666. The number of rotatable bonds is 8. The molecule has 1 aromatic carbocycles. The van der Waals surface area contributed by atoms with E-state index in [0.29, 0.717) is 5.82 Å². The Labute approximate surface area is 248 Å².